The zero-order chi connectivity index (χ0) is 11.3. The van der Waals surface area contributed by atoms with Crippen molar-refractivity contribution in [1.82, 2.24) is 4.90 Å². The molecule has 0 aromatic rings. The van der Waals surface area contributed by atoms with Crippen LogP contribution in [-0.4, -0.2) is 38.1 Å². The minimum Gasteiger partial charge on any atom is -0.469 e. The van der Waals surface area contributed by atoms with Crippen LogP contribution in [-0.2, 0) is 9.53 Å². The molecule has 88 valence electrons. The Kier molecular flexibility index (Phi) is 5.09. The predicted molar refractivity (Wildman–Crippen MR) is 60.6 cm³/mol. The lowest BCUT2D eigenvalue weighted by atomic mass is 9.85. The standard InChI is InChI=1S/C12H23NO2/c1-10(9-12(14)15-3)11-5-4-7-13(2)8-6-11/h10-11H,4-9H2,1-3H3. The number of methoxy groups -OCH3 is 1. The Balaban J connectivity index is 2.37. The van der Waals surface area contributed by atoms with Crippen LogP contribution in [0, 0.1) is 11.8 Å². The highest BCUT2D eigenvalue weighted by molar-refractivity contribution is 5.69. The fraction of sp³-hybridized carbons (Fsp3) is 0.917. The first-order valence-corrected chi connectivity index (χ1v) is 5.89. The van der Waals surface area contributed by atoms with E-state index in [2.05, 4.69) is 18.9 Å². The third kappa shape index (κ3) is 4.20. The van der Waals surface area contributed by atoms with E-state index in [-0.39, 0.29) is 5.97 Å². The number of nitrogens with zero attached hydrogens (tertiary/aromatic N) is 1. The molecule has 1 aliphatic heterocycles. The van der Waals surface area contributed by atoms with Crippen LogP contribution in [0.1, 0.15) is 32.6 Å². The number of carbonyl (C=O) groups is 1. The Bertz CT molecular complexity index is 206. The average Bonchev–Trinajstić information content (AvgIpc) is 2.42. The number of carbonyl (C=O) groups excluding carboxylic acids is 1. The van der Waals surface area contributed by atoms with Crippen molar-refractivity contribution in [2.24, 2.45) is 11.8 Å². The van der Waals surface area contributed by atoms with E-state index in [1.165, 1.54) is 32.9 Å². The maximum atomic E-state index is 11.2. The van der Waals surface area contributed by atoms with Crippen molar-refractivity contribution in [3.05, 3.63) is 0 Å². The summed E-state index contributed by atoms with van der Waals surface area (Å²) in [7, 11) is 3.64. The SMILES string of the molecule is COC(=O)CC(C)C1CCCN(C)CC1. The summed E-state index contributed by atoms with van der Waals surface area (Å²) < 4.78 is 4.71. The third-order valence-corrected chi connectivity index (χ3v) is 3.52. The van der Waals surface area contributed by atoms with Crippen molar-refractivity contribution in [2.75, 3.05) is 27.2 Å². The molecule has 0 spiro atoms. The van der Waals surface area contributed by atoms with Crippen LogP contribution in [0.4, 0.5) is 0 Å². The summed E-state index contributed by atoms with van der Waals surface area (Å²) in [5.41, 5.74) is 0. The first kappa shape index (κ1) is 12.5. The molecule has 0 aromatic heterocycles. The van der Waals surface area contributed by atoms with Crippen LogP contribution in [0.15, 0.2) is 0 Å². The first-order chi connectivity index (χ1) is 7.13. The van der Waals surface area contributed by atoms with Crippen molar-refractivity contribution < 1.29 is 9.53 Å². The zero-order valence-corrected chi connectivity index (χ0v) is 10.2. The Morgan fingerprint density at radius 2 is 2.20 bits per heavy atom. The normalized spacial score (nSPS) is 25.7. The van der Waals surface area contributed by atoms with Gasteiger partial charge < -0.3 is 9.64 Å². The fourth-order valence-corrected chi connectivity index (χ4v) is 2.35. The van der Waals surface area contributed by atoms with Gasteiger partial charge in [0.05, 0.1) is 7.11 Å². The number of esters is 1. The van der Waals surface area contributed by atoms with E-state index in [9.17, 15) is 4.79 Å². The van der Waals surface area contributed by atoms with Crippen LogP contribution in [0.5, 0.6) is 0 Å². The molecule has 0 radical (unpaired) electrons. The summed E-state index contributed by atoms with van der Waals surface area (Å²) in [5, 5.41) is 0. The second kappa shape index (κ2) is 6.11. The number of likely N-dealkylation sites (tertiary alicyclic amines) is 1. The number of hydrogen-bond donors (Lipinski definition) is 0. The van der Waals surface area contributed by atoms with Gasteiger partial charge >= 0.3 is 5.97 Å². The molecule has 0 N–H and O–H groups in total. The smallest absolute Gasteiger partial charge is 0.305 e. The molecular formula is C12H23NO2. The predicted octanol–water partition coefficient (Wildman–Crippen LogP) is 1.92. The van der Waals surface area contributed by atoms with E-state index < -0.39 is 0 Å². The molecule has 0 bridgehead atoms. The Labute approximate surface area is 92.8 Å². The van der Waals surface area contributed by atoms with Gasteiger partial charge in [-0.05, 0) is 51.2 Å². The van der Waals surface area contributed by atoms with E-state index in [0.29, 0.717) is 18.3 Å². The Morgan fingerprint density at radius 3 is 2.87 bits per heavy atom. The second-order valence-electron chi connectivity index (χ2n) is 4.75. The van der Waals surface area contributed by atoms with Gasteiger partial charge in [-0.2, -0.15) is 0 Å². The third-order valence-electron chi connectivity index (χ3n) is 3.52. The van der Waals surface area contributed by atoms with Gasteiger partial charge in [-0.15, -0.1) is 0 Å². The largest absolute Gasteiger partial charge is 0.469 e. The molecule has 3 nitrogen and oxygen atoms in total. The van der Waals surface area contributed by atoms with Crippen LogP contribution in [0.2, 0.25) is 0 Å². The van der Waals surface area contributed by atoms with E-state index in [1.807, 2.05) is 0 Å². The molecule has 0 aliphatic carbocycles. The Hall–Kier alpha value is -0.570. The van der Waals surface area contributed by atoms with Crippen molar-refractivity contribution in [3.63, 3.8) is 0 Å². The Morgan fingerprint density at radius 1 is 1.47 bits per heavy atom. The van der Waals surface area contributed by atoms with Gasteiger partial charge in [-0.3, -0.25) is 4.79 Å². The molecule has 1 aliphatic rings. The van der Waals surface area contributed by atoms with Crippen LogP contribution in [0.3, 0.4) is 0 Å². The van der Waals surface area contributed by atoms with Crippen molar-refractivity contribution in [1.29, 1.82) is 0 Å². The highest BCUT2D eigenvalue weighted by atomic mass is 16.5. The van der Waals surface area contributed by atoms with E-state index in [1.54, 1.807) is 0 Å². The molecule has 0 aromatic carbocycles. The molecule has 15 heavy (non-hydrogen) atoms. The molecule has 0 amide bonds. The van der Waals surface area contributed by atoms with Gasteiger partial charge in [-0.25, -0.2) is 0 Å². The molecule has 1 saturated heterocycles. The van der Waals surface area contributed by atoms with Crippen LogP contribution < -0.4 is 0 Å². The van der Waals surface area contributed by atoms with E-state index in [4.69, 9.17) is 4.74 Å². The second-order valence-corrected chi connectivity index (χ2v) is 4.75. The highest BCUT2D eigenvalue weighted by Gasteiger charge is 2.22. The van der Waals surface area contributed by atoms with E-state index in [0.717, 1.165) is 6.54 Å². The van der Waals surface area contributed by atoms with Gasteiger partial charge in [0.15, 0.2) is 0 Å². The summed E-state index contributed by atoms with van der Waals surface area (Å²) in [4.78, 5) is 13.6. The van der Waals surface area contributed by atoms with Crippen molar-refractivity contribution >= 4 is 5.97 Å². The van der Waals surface area contributed by atoms with Crippen LogP contribution in [0.25, 0.3) is 0 Å². The van der Waals surface area contributed by atoms with Crippen molar-refractivity contribution in [3.8, 4) is 0 Å². The lowest BCUT2D eigenvalue weighted by Crippen LogP contribution is -2.20. The van der Waals surface area contributed by atoms with Gasteiger partial charge in [0.25, 0.3) is 0 Å². The minimum atomic E-state index is -0.0694. The first-order valence-electron chi connectivity index (χ1n) is 5.89. The topological polar surface area (TPSA) is 29.5 Å². The van der Waals surface area contributed by atoms with Crippen LogP contribution >= 0.6 is 0 Å². The molecular weight excluding hydrogens is 190 g/mol. The highest BCUT2D eigenvalue weighted by Crippen LogP contribution is 2.26. The molecule has 1 rings (SSSR count). The lowest BCUT2D eigenvalue weighted by Gasteiger charge is -2.21. The molecule has 1 fully saturated rings. The molecule has 1 heterocycles. The summed E-state index contributed by atoms with van der Waals surface area (Å²) >= 11 is 0. The summed E-state index contributed by atoms with van der Waals surface area (Å²) in [6.07, 6.45) is 4.30. The maximum Gasteiger partial charge on any atom is 0.305 e. The molecule has 3 heteroatoms. The van der Waals surface area contributed by atoms with Gasteiger partial charge in [0, 0.05) is 6.42 Å². The van der Waals surface area contributed by atoms with Gasteiger partial charge in [0.1, 0.15) is 0 Å². The van der Waals surface area contributed by atoms with Gasteiger partial charge in [0.2, 0.25) is 0 Å². The quantitative estimate of drug-likeness (QED) is 0.671. The zero-order valence-electron chi connectivity index (χ0n) is 10.2. The summed E-state index contributed by atoms with van der Waals surface area (Å²) in [5.74, 6) is 1.08. The van der Waals surface area contributed by atoms with E-state index >= 15 is 0 Å². The minimum absolute atomic E-state index is 0.0694. The summed E-state index contributed by atoms with van der Waals surface area (Å²) in [6, 6.07) is 0. The number of rotatable bonds is 3. The van der Waals surface area contributed by atoms with Crippen molar-refractivity contribution in [2.45, 2.75) is 32.6 Å². The average molecular weight is 213 g/mol. The fourth-order valence-electron chi connectivity index (χ4n) is 2.35. The summed E-state index contributed by atoms with van der Waals surface area (Å²) in [6.45, 7) is 4.53. The van der Waals surface area contributed by atoms with Gasteiger partial charge in [-0.1, -0.05) is 6.92 Å². The molecule has 2 unspecified atom stereocenters. The number of ether oxygens (including phenoxy) is 1. The maximum absolute atomic E-state index is 11.2. The number of hydrogen-bond acceptors (Lipinski definition) is 3. The lowest BCUT2D eigenvalue weighted by molar-refractivity contribution is -0.142. The molecule has 2 atom stereocenters. The monoisotopic (exact) mass is 213 g/mol. The molecule has 0 saturated carbocycles.